The van der Waals surface area contributed by atoms with E-state index in [0.29, 0.717) is 32.5 Å². The summed E-state index contributed by atoms with van der Waals surface area (Å²) in [6.07, 6.45) is 2.30. The van der Waals surface area contributed by atoms with Gasteiger partial charge in [-0.25, -0.2) is 0 Å². The Kier molecular flexibility index (Phi) is 9.86. The number of amides is 1. The number of halogens is 3. The average Bonchev–Trinajstić information content (AvgIpc) is 3.34. The van der Waals surface area contributed by atoms with Gasteiger partial charge < -0.3 is 24.8 Å². The van der Waals surface area contributed by atoms with Gasteiger partial charge in [0.2, 0.25) is 0 Å². The third kappa shape index (κ3) is 6.97. The Morgan fingerprint density at radius 3 is 2.54 bits per heavy atom. The van der Waals surface area contributed by atoms with E-state index in [9.17, 15) is 23.5 Å². The van der Waals surface area contributed by atoms with Crippen LogP contribution in [0.25, 0.3) is 0 Å². The van der Waals surface area contributed by atoms with Crippen LogP contribution in [0, 0.1) is 5.92 Å². The third-order valence-electron chi connectivity index (χ3n) is 6.53. The van der Waals surface area contributed by atoms with Crippen LogP contribution in [0.5, 0.6) is 5.75 Å². The molecule has 37 heavy (non-hydrogen) atoms. The second kappa shape index (κ2) is 12.7. The van der Waals surface area contributed by atoms with E-state index in [-0.39, 0.29) is 35.5 Å². The minimum Gasteiger partial charge on any atom is -0.481 e. The van der Waals surface area contributed by atoms with Crippen molar-refractivity contribution < 1.29 is 33.0 Å². The van der Waals surface area contributed by atoms with Crippen LogP contribution in [0.1, 0.15) is 45.2 Å². The largest absolute Gasteiger partial charge is 0.481 e. The number of anilines is 1. The predicted octanol–water partition coefficient (Wildman–Crippen LogP) is 4.43. The highest BCUT2D eigenvalue weighted by Crippen LogP contribution is 2.37. The summed E-state index contributed by atoms with van der Waals surface area (Å²) in [6.45, 7) is 4.38. The highest BCUT2D eigenvalue weighted by Gasteiger charge is 2.46. The van der Waals surface area contributed by atoms with Crippen molar-refractivity contribution in [1.29, 1.82) is 0 Å². The van der Waals surface area contributed by atoms with E-state index in [4.69, 9.17) is 16.3 Å². The van der Waals surface area contributed by atoms with E-state index in [2.05, 4.69) is 15.2 Å². The number of likely N-dealkylation sites (tertiary alicyclic amines) is 1. The Morgan fingerprint density at radius 2 is 1.95 bits per heavy atom. The van der Waals surface area contributed by atoms with Gasteiger partial charge in [0.15, 0.2) is 5.75 Å². The van der Waals surface area contributed by atoms with Crippen LogP contribution in [-0.2, 0) is 19.9 Å². The fourth-order valence-electron chi connectivity index (χ4n) is 4.55. The second-order valence-electron chi connectivity index (χ2n) is 9.32. The topological polar surface area (TPSA) is 106 Å². The fraction of sp³-hybridized carbons (Fsp3) is 0.560. The van der Waals surface area contributed by atoms with Gasteiger partial charge in [0.25, 0.3) is 5.91 Å². The molecular weight excluding hydrogens is 510 g/mol. The van der Waals surface area contributed by atoms with Gasteiger partial charge in [-0.2, -0.15) is 13.9 Å². The van der Waals surface area contributed by atoms with Gasteiger partial charge in [-0.3, -0.25) is 14.3 Å². The molecule has 1 atom stereocenters. The average molecular weight is 543 g/mol. The molecule has 12 heteroatoms. The standard InChI is InChI=1S/C25H33ClF2N4O5/c1-4-36-15-17(22(33)34)14-31-11-8-25(9-12-31,32-20(16(2)3)7-10-29-32)23(35)30-19-6-5-18(26)13-21(19)37-24(27)28/h5-7,10,13,16-17,24H,4,8-9,11-12,14-15H2,1-3H3,(H,30,35)(H,33,34)/t17-/m1/s1. The first-order chi connectivity index (χ1) is 17.6. The van der Waals surface area contributed by atoms with Gasteiger partial charge in [0, 0.05) is 49.2 Å². The first-order valence-corrected chi connectivity index (χ1v) is 12.6. The minimum atomic E-state index is -3.09. The van der Waals surface area contributed by atoms with E-state index < -0.39 is 29.9 Å². The highest BCUT2D eigenvalue weighted by molar-refractivity contribution is 6.30. The summed E-state index contributed by atoms with van der Waals surface area (Å²) in [5.74, 6) is -2.23. The molecule has 9 nitrogen and oxygen atoms in total. The molecule has 2 heterocycles. The number of aromatic nitrogens is 2. The Labute approximate surface area is 219 Å². The van der Waals surface area contributed by atoms with Gasteiger partial charge in [0.05, 0.1) is 18.2 Å². The zero-order chi connectivity index (χ0) is 27.2. The number of ether oxygens (including phenoxy) is 2. The number of nitrogens with zero attached hydrogens (tertiary/aromatic N) is 3. The molecule has 1 aromatic heterocycles. The van der Waals surface area contributed by atoms with Gasteiger partial charge in [-0.05, 0) is 43.9 Å². The number of alkyl halides is 2. The Hall–Kier alpha value is -2.76. The highest BCUT2D eigenvalue weighted by atomic mass is 35.5. The molecule has 1 aliphatic rings. The maximum Gasteiger partial charge on any atom is 0.387 e. The van der Waals surface area contributed by atoms with E-state index >= 15 is 0 Å². The van der Waals surface area contributed by atoms with Gasteiger partial charge in [0.1, 0.15) is 5.54 Å². The van der Waals surface area contributed by atoms with E-state index in [0.717, 1.165) is 5.69 Å². The van der Waals surface area contributed by atoms with Gasteiger partial charge in [-0.1, -0.05) is 25.4 Å². The fourth-order valence-corrected chi connectivity index (χ4v) is 4.72. The molecule has 1 aromatic carbocycles. The van der Waals surface area contributed by atoms with Crippen molar-refractivity contribution in [2.75, 3.05) is 38.2 Å². The lowest BCUT2D eigenvalue weighted by Gasteiger charge is -2.42. The number of piperidine rings is 1. The summed E-state index contributed by atoms with van der Waals surface area (Å²) in [6, 6.07) is 5.96. The van der Waals surface area contributed by atoms with Crippen molar-refractivity contribution in [1.82, 2.24) is 14.7 Å². The van der Waals surface area contributed by atoms with Crippen LogP contribution in [0.15, 0.2) is 30.5 Å². The second-order valence-corrected chi connectivity index (χ2v) is 9.76. The first kappa shape index (κ1) is 28.8. The predicted molar refractivity (Wildman–Crippen MR) is 134 cm³/mol. The monoisotopic (exact) mass is 542 g/mol. The molecule has 0 spiro atoms. The molecule has 0 saturated carbocycles. The van der Waals surface area contributed by atoms with Gasteiger partial charge in [-0.15, -0.1) is 0 Å². The van der Waals surface area contributed by atoms with Crippen molar-refractivity contribution in [3.8, 4) is 5.75 Å². The summed E-state index contributed by atoms with van der Waals surface area (Å²) >= 11 is 5.95. The van der Waals surface area contributed by atoms with Crippen molar-refractivity contribution in [2.45, 2.75) is 51.7 Å². The lowest BCUT2D eigenvalue weighted by molar-refractivity contribution is -0.145. The maximum atomic E-state index is 13.9. The van der Waals surface area contributed by atoms with Crippen LogP contribution in [0.3, 0.4) is 0 Å². The number of carbonyl (C=O) groups is 2. The molecule has 1 saturated heterocycles. The van der Waals surface area contributed by atoms with Crippen LogP contribution >= 0.6 is 11.6 Å². The summed E-state index contributed by atoms with van der Waals surface area (Å²) < 4.78 is 37.6. The van der Waals surface area contributed by atoms with E-state index in [1.54, 1.807) is 10.9 Å². The zero-order valence-electron chi connectivity index (χ0n) is 21.1. The molecule has 0 radical (unpaired) electrons. The maximum absolute atomic E-state index is 13.9. The number of aliphatic carboxylic acids is 1. The Balaban J connectivity index is 1.89. The summed E-state index contributed by atoms with van der Waals surface area (Å²) in [7, 11) is 0. The summed E-state index contributed by atoms with van der Waals surface area (Å²) in [4.78, 5) is 27.6. The quantitative estimate of drug-likeness (QED) is 0.409. The number of nitrogens with one attached hydrogen (secondary N) is 1. The molecular formula is C25H33ClF2N4O5. The molecule has 1 fully saturated rings. The van der Waals surface area contributed by atoms with Crippen LogP contribution < -0.4 is 10.1 Å². The summed E-state index contributed by atoms with van der Waals surface area (Å²) in [5.41, 5.74) is -0.207. The van der Waals surface area contributed by atoms with Crippen LogP contribution in [0.2, 0.25) is 5.02 Å². The van der Waals surface area contributed by atoms with Crippen LogP contribution in [0.4, 0.5) is 14.5 Å². The Bertz CT molecular complexity index is 1070. The molecule has 0 bridgehead atoms. The van der Waals surface area contributed by atoms with Crippen molar-refractivity contribution in [3.63, 3.8) is 0 Å². The number of carboxylic acid groups (broad SMARTS) is 1. The van der Waals surface area contributed by atoms with E-state index in [1.165, 1.54) is 18.2 Å². The molecule has 1 aliphatic heterocycles. The number of hydrogen-bond acceptors (Lipinski definition) is 6. The number of rotatable bonds is 12. The number of hydrogen-bond donors (Lipinski definition) is 2. The number of benzene rings is 1. The smallest absolute Gasteiger partial charge is 0.387 e. The minimum absolute atomic E-state index is 0.0670. The van der Waals surface area contributed by atoms with Crippen molar-refractivity contribution in [2.24, 2.45) is 5.92 Å². The van der Waals surface area contributed by atoms with Crippen molar-refractivity contribution in [3.05, 3.63) is 41.2 Å². The van der Waals surface area contributed by atoms with Gasteiger partial charge >= 0.3 is 12.6 Å². The molecule has 1 amide bonds. The van der Waals surface area contributed by atoms with E-state index in [1.807, 2.05) is 31.7 Å². The zero-order valence-corrected chi connectivity index (χ0v) is 21.9. The Morgan fingerprint density at radius 1 is 1.24 bits per heavy atom. The number of carboxylic acids is 1. The first-order valence-electron chi connectivity index (χ1n) is 12.2. The summed E-state index contributed by atoms with van der Waals surface area (Å²) in [5, 5.41) is 17.0. The molecule has 0 aliphatic carbocycles. The number of carbonyl (C=O) groups excluding carboxylic acids is 1. The third-order valence-corrected chi connectivity index (χ3v) is 6.77. The normalized spacial score (nSPS) is 16.6. The lowest BCUT2D eigenvalue weighted by atomic mass is 9.85. The SMILES string of the molecule is CCOC[C@@H](CN1CCC(C(=O)Nc2ccc(Cl)cc2OC(F)F)(n2nccc2C(C)C)CC1)C(=O)O. The molecule has 2 N–H and O–H groups in total. The molecule has 2 aromatic rings. The molecule has 204 valence electrons. The van der Waals surface area contributed by atoms with Crippen molar-refractivity contribution >= 4 is 29.2 Å². The lowest BCUT2D eigenvalue weighted by Crippen LogP contribution is -2.55. The van der Waals surface area contributed by atoms with Crippen LogP contribution in [-0.4, -0.2) is 71.1 Å². The molecule has 3 rings (SSSR count). The molecule has 0 unspecified atom stereocenters.